The molecule has 0 aromatic carbocycles. The van der Waals surface area contributed by atoms with Gasteiger partial charge in [-0.3, -0.25) is 52.7 Å². The van der Waals surface area contributed by atoms with Gasteiger partial charge in [0.1, 0.15) is 60.4 Å². The summed E-state index contributed by atoms with van der Waals surface area (Å²) >= 11 is 0. The van der Waals surface area contributed by atoms with Crippen LogP contribution < -0.4 is 26.6 Å². The molecule has 11 amide bonds. The van der Waals surface area contributed by atoms with Crippen LogP contribution in [0.4, 0.5) is 0 Å². The minimum absolute atomic E-state index is 0.118. The molecule has 1 aliphatic heterocycles. The molecule has 1 aliphatic rings. The lowest BCUT2D eigenvalue weighted by Crippen LogP contribution is -2.64. The van der Waals surface area contributed by atoms with Crippen LogP contribution in [0.5, 0.6) is 0 Å². The smallest absolute Gasteiger partial charge is 0.246 e. The Bertz CT molecular complexity index is 2320. The summed E-state index contributed by atoms with van der Waals surface area (Å²) in [6.45, 7) is 30.9. The lowest BCUT2D eigenvalue weighted by molar-refractivity contribution is -0.154. The van der Waals surface area contributed by atoms with Crippen molar-refractivity contribution in [3.8, 4) is 0 Å². The number of aliphatic hydroxyl groups is 1. The Hall–Kier alpha value is -6.13. The number of nitrogens with one attached hydrogen (secondary N) is 5. The molecule has 23 heteroatoms. The number of carbonyl (C=O) groups is 11. The summed E-state index contributed by atoms with van der Waals surface area (Å²) in [6, 6.07) is -12.5. The maximum Gasteiger partial charge on any atom is 0.246 e. The summed E-state index contributed by atoms with van der Waals surface area (Å²) in [6.07, 6.45) is 2.96. The molecule has 1 heterocycles. The molecule has 0 bridgehead atoms. The zero-order valence-corrected chi connectivity index (χ0v) is 56.0. The van der Waals surface area contributed by atoms with Crippen LogP contribution in [0, 0.1) is 47.3 Å². The highest BCUT2D eigenvalue weighted by atomic mass is 16.3. The third kappa shape index (κ3) is 22.3. The van der Waals surface area contributed by atoms with E-state index in [1.54, 1.807) is 67.5 Å². The van der Waals surface area contributed by atoms with Crippen molar-refractivity contribution >= 4 is 65.0 Å². The van der Waals surface area contributed by atoms with E-state index in [0.29, 0.717) is 6.42 Å². The lowest BCUT2D eigenvalue weighted by Gasteiger charge is -2.40. The zero-order valence-electron chi connectivity index (χ0n) is 56.0. The van der Waals surface area contributed by atoms with Gasteiger partial charge in [-0.15, -0.1) is 0 Å². The summed E-state index contributed by atoms with van der Waals surface area (Å²) in [4.78, 5) is 167. The van der Waals surface area contributed by atoms with E-state index in [1.165, 1.54) is 75.7 Å². The topological polar surface area (TPSA) is 288 Å². The molecule has 0 unspecified atom stereocenters. The standard InChI is InChI=1S/C62H111N11O12/c1-25-26-27-40(16)52(75)51-57(80)67-48(37(10)11)60(83)68(19)32-47(74)69(20)44(29-34(4)5)56(79)66-49(38(12)13)61(84)71(22)45(30-35(6)7)54(77)63-41(17)53(76)64-42(18)58(81)70(21)46(31-36(8)9)55(78)65-43(28-33(2)3)59(82)72(23)50(39(14)15)62(85)73(51)24/h25-26,33-46,48-52,75H,27-32H2,1-24H3,(H,63,77)(H,64,76)(H,65,78)(H,66,79)(H,67,80)/b26-25+/t40-,41+,42-,43+,44-,45-,46+,48+,49-,50+,51+,52-/m1/s1. The van der Waals surface area contributed by atoms with Crippen LogP contribution in [-0.4, -0.2) is 215 Å². The number of aliphatic hydroxyl groups excluding tert-OH is 1. The van der Waals surface area contributed by atoms with Crippen molar-refractivity contribution in [1.82, 2.24) is 56.0 Å². The van der Waals surface area contributed by atoms with E-state index in [4.69, 9.17) is 0 Å². The van der Waals surface area contributed by atoms with Gasteiger partial charge in [0.25, 0.3) is 0 Å². The number of amides is 11. The van der Waals surface area contributed by atoms with E-state index in [-0.39, 0.29) is 49.4 Å². The van der Waals surface area contributed by atoms with Crippen LogP contribution in [0.25, 0.3) is 0 Å². The van der Waals surface area contributed by atoms with Crippen molar-refractivity contribution in [3.05, 3.63) is 12.2 Å². The number of likely N-dealkylation sites (N-methyl/N-ethyl adjacent to an activating group) is 6. The maximum atomic E-state index is 15.1. The van der Waals surface area contributed by atoms with Crippen LogP contribution in [0.3, 0.4) is 0 Å². The minimum atomic E-state index is -1.62. The number of hydrogen-bond donors (Lipinski definition) is 6. The Kier molecular flexibility index (Phi) is 31.5. The second kappa shape index (κ2) is 34.9. The van der Waals surface area contributed by atoms with Gasteiger partial charge in [-0.25, -0.2) is 0 Å². The van der Waals surface area contributed by atoms with Crippen molar-refractivity contribution in [2.45, 2.75) is 223 Å². The van der Waals surface area contributed by atoms with Gasteiger partial charge in [-0.05, 0) is 100 Å². The van der Waals surface area contributed by atoms with E-state index >= 15 is 4.79 Å². The molecule has 6 N–H and O–H groups in total. The number of rotatable bonds is 15. The van der Waals surface area contributed by atoms with Crippen LogP contribution in [0.2, 0.25) is 0 Å². The molecule has 0 radical (unpaired) electrons. The number of nitrogens with zero attached hydrogens (tertiary/aromatic N) is 6. The van der Waals surface area contributed by atoms with Gasteiger partial charge in [0, 0.05) is 42.3 Å². The fourth-order valence-corrected chi connectivity index (χ4v) is 10.5. The van der Waals surface area contributed by atoms with Gasteiger partial charge >= 0.3 is 0 Å². The van der Waals surface area contributed by atoms with Crippen molar-refractivity contribution in [1.29, 1.82) is 0 Å². The Morgan fingerprint density at radius 3 is 1.28 bits per heavy atom. The third-order valence-corrected chi connectivity index (χ3v) is 15.8. The molecule has 0 aromatic heterocycles. The Morgan fingerprint density at radius 1 is 0.435 bits per heavy atom. The van der Waals surface area contributed by atoms with E-state index in [9.17, 15) is 53.1 Å². The number of allylic oxidation sites excluding steroid dienone is 2. The second-order valence-electron chi connectivity index (χ2n) is 26.4. The van der Waals surface area contributed by atoms with Crippen molar-refractivity contribution in [2.24, 2.45) is 47.3 Å². The van der Waals surface area contributed by atoms with Crippen molar-refractivity contribution in [2.75, 3.05) is 48.8 Å². The van der Waals surface area contributed by atoms with Crippen LogP contribution in [0.15, 0.2) is 12.2 Å². The molecule has 1 rings (SSSR count). The predicted octanol–water partition coefficient (Wildman–Crippen LogP) is 3.17. The van der Waals surface area contributed by atoms with Crippen molar-refractivity contribution < 1.29 is 57.8 Å². The van der Waals surface area contributed by atoms with Gasteiger partial charge in [0.05, 0.1) is 12.6 Å². The molecule has 0 aromatic rings. The van der Waals surface area contributed by atoms with Crippen LogP contribution in [0.1, 0.15) is 157 Å². The zero-order chi connectivity index (χ0) is 66.0. The summed E-state index contributed by atoms with van der Waals surface area (Å²) in [5.74, 6) is -10.5. The Balaban J connectivity index is 4.31. The fraction of sp³-hybridized carbons (Fsp3) is 0.790. The highest BCUT2D eigenvalue weighted by molar-refractivity contribution is 5.99. The highest BCUT2D eigenvalue weighted by Crippen LogP contribution is 2.24. The molecule has 486 valence electrons. The van der Waals surface area contributed by atoms with Crippen molar-refractivity contribution in [3.63, 3.8) is 0 Å². The molecule has 0 spiro atoms. The minimum Gasteiger partial charge on any atom is -0.390 e. The van der Waals surface area contributed by atoms with Crippen LogP contribution >= 0.6 is 0 Å². The molecule has 1 saturated heterocycles. The fourth-order valence-electron chi connectivity index (χ4n) is 10.5. The van der Waals surface area contributed by atoms with E-state index in [2.05, 4.69) is 26.6 Å². The molecule has 85 heavy (non-hydrogen) atoms. The van der Waals surface area contributed by atoms with Gasteiger partial charge in [0.2, 0.25) is 65.0 Å². The normalized spacial score (nSPS) is 26.8. The monoisotopic (exact) mass is 1200 g/mol. The summed E-state index contributed by atoms with van der Waals surface area (Å²) in [7, 11) is 8.41. The summed E-state index contributed by atoms with van der Waals surface area (Å²) < 4.78 is 0. The first-order chi connectivity index (χ1) is 39.2. The first-order valence-corrected chi connectivity index (χ1v) is 30.5. The molecule has 0 saturated carbocycles. The quantitative estimate of drug-likeness (QED) is 0.129. The Labute approximate surface area is 508 Å². The molecular weight excluding hydrogens is 1090 g/mol. The van der Waals surface area contributed by atoms with Gasteiger partial charge in [0.15, 0.2) is 0 Å². The van der Waals surface area contributed by atoms with Gasteiger partial charge < -0.3 is 61.1 Å². The predicted molar refractivity (Wildman–Crippen MR) is 328 cm³/mol. The molecular formula is C62H111N11O12. The lowest BCUT2D eigenvalue weighted by atomic mass is 9.91. The second-order valence-corrected chi connectivity index (χ2v) is 26.4. The molecule has 23 nitrogen and oxygen atoms in total. The van der Waals surface area contributed by atoms with Crippen LogP contribution in [-0.2, 0) is 52.7 Å². The van der Waals surface area contributed by atoms with E-state index in [1.807, 2.05) is 55.4 Å². The highest BCUT2D eigenvalue weighted by Gasteiger charge is 2.45. The third-order valence-electron chi connectivity index (χ3n) is 15.8. The average Bonchev–Trinajstić information content (AvgIpc) is 3.50. The first-order valence-electron chi connectivity index (χ1n) is 30.5. The SMILES string of the molecule is C/C=C/C[C@@H](C)[C@@H](O)[C@H]1C(=O)N[C@@H](C(C)C)C(=O)N(C)CC(=O)N(C)[C@H](CC(C)C)C(=O)N[C@H](C(C)C)C(=O)N(C)[C@H](CC(C)C)C(=O)N[C@@H](C)C(=O)N[C@H](C)C(=O)N(C)[C@@H](CC(C)C)C(=O)N[C@@H](CC(C)C)C(=O)N(C)[C@@H](C(C)C)C(=O)N1C. The number of hydrogen-bond acceptors (Lipinski definition) is 12. The summed E-state index contributed by atoms with van der Waals surface area (Å²) in [5.41, 5.74) is 0. The van der Waals surface area contributed by atoms with E-state index in [0.717, 1.165) is 9.80 Å². The average molecular weight is 1200 g/mol. The number of carbonyl (C=O) groups excluding carboxylic acids is 11. The first kappa shape index (κ1) is 76.9. The Morgan fingerprint density at radius 2 is 0.835 bits per heavy atom. The summed E-state index contributed by atoms with van der Waals surface area (Å²) in [5, 5.41) is 26.0. The van der Waals surface area contributed by atoms with E-state index < -0.39 is 162 Å². The van der Waals surface area contributed by atoms with Gasteiger partial charge in [-0.1, -0.05) is 116 Å². The molecule has 1 fully saturated rings. The molecule has 0 aliphatic carbocycles. The largest absolute Gasteiger partial charge is 0.390 e. The maximum absolute atomic E-state index is 15.1. The van der Waals surface area contributed by atoms with Gasteiger partial charge in [-0.2, -0.15) is 0 Å². The molecule has 12 atom stereocenters.